The standard InChI is InChI=1S/C8H8BrF3N2O/c9-4-1-6(14)5(3-13)7(2-4)15-8(10,11)12/h1-2H,3,13-14H2. The molecule has 0 aliphatic rings. The molecule has 3 nitrogen and oxygen atoms in total. The molecular formula is C8H8BrF3N2O. The van der Waals surface area contributed by atoms with Gasteiger partial charge in [-0.1, -0.05) is 15.9 Å². The zero-order chi connectivity index (χ0) is 11.6. The molecule has 4 N–H and O–H groups in total. The van der Waals surface area contributed by atoms with Crippen molar-refractivity contribution in [3.8, 4) is 5.75 Å². The first-order valence-corrected chi connectivity index (χ1v) is 4.66. The van der Waals surface area contributed by atoms with Crippen LogP contribution in [-0.4, -0.2) is 6.36 Å². The van der Waals surface area contributed by atoms with Gasteiger partial charge in [0.2, 0.25) is 0 Å². The Balaban J connectivity index is 3.15. The van der Waals surface area contributed by atoms with Crippen LogP contribution in [0.2, 0.25) is 0 Å². The van der Waals surface area contributed by atoms with Gasteiger partial charge in [-0.15, -0.1) is 13.2 Å². The molecule has 7 heteroatoms. The van der Waals surface area contributed by atoms with E-state index in [1.165, 1.54) is 12.1 Å². The fourth-order valence-electron chi connectivity index (χ4n) is 1.07. The Morgan fingerprint density at radius 2 is 1.93 bits per heavy atom. The maximum absolute atomic E-state index is 12.0. The Labute approximate surface area is 92.3 Å². The van der Waals surface area contributed by atoms with Crippen molar-refractivity contribution in [2.24, 2.45) is 5.73 Å². The highest BCUT2D eigenvalue weighted by Crippen LogP contribution is 2.32. The second-order valence-electron chi connectivity index (χ2n) is 2.72. The number of nitrogen functional groups attached to an aromatic ring is 1. The molecule has 0 heterocycles. The molecule has 0 atom stereocenters. The number of anilines is 1. The second kappa shape index (κ2) is 4.28. The van der Waals surface area contributed by atoms with Crippen LogP contribution in [0.5, 0.6) is 5.75 Å². The molecule has 0 aliphatic heterocycles. The minimum Gasteiger partial charge on any atom is -0.405 e. The third kappa shape index (κ3) is 3.28. The summed E-state index contributed by atoms with van der Waals surface area (Å²) in [6.45, 7) is -0.121. The number of rotatable bonds is 2. The maximum Gasteiger partial charge on any atom is 0.573 e. The molecule has 15 heavy (non-hydrogen) atoms. The number of hydrogen-bond acceptors (Lipinski definition) is 3. The van der Waals surface area contributed by atoms with Crippen molar-refractivity contribution >= 4 is 21.6 Å². The lowest BCUT2D eigenvalue weighted by Crippen LogP contribution is -2.19. The van der Waals surface area contributed by atoms with Crippen LogP contribution >= 0.6 is 15.9 Å². The zero-order valence-corrected chi connectivity index (χ0v) is 9.02. The summed E-state index contributed by atoms with van der Waals surface area (Å²) in [5.74, 6) is -0.378. The van der Waals surface area contributed by atoms with Gasteiger partial charge in [0.1, 0.15) is 5.75 Å². The summed E-state index contributed by atoms with van der Waals surface area (Å²) in [6.07, 6.45) is -4.75. The van der Waals surface area contributed by atoms with E-state index in [0.717, 1.165) is 0 Å². The lowest BCUT2D eigenvalue weighted by molar-refractivity contribution is -0.274. The Kier molecular flexibility index (Phi) is 3.46. The largest absolute Gasteiger partial charge is 0.573 e. The summed E-state index contributed by atoms with van der Waals surface area (Å²) >= 11 is 3.02. The van der Waals surface area contributed by atoms with E-state index in [9.17, 15) is 13.2 Å². The van der Waals surface area contributed by atoms with Crippen LogP contribution in [0.15, 0.2) is 16.6 Å². The van der Waals surface area contributed by atoms with Crippen molar-refractivity contribution in [3.63, 3.8) is 0 Å². The predicted molar refractivity (Wildman–Crippen MR) is 53.1 cm³/mol. The number of halogens is 4. The Morgan fingerprint density at radius 3 is 2.40 bits per heavy atom. The van der Waals surface area contributed by atoms with Gasteiger partial charge in [-0.25, -0.2) is 0 Å². The molecule has 0 aromatic heterocycles. The Morgan fingerprint density at radius 1 is 1.33 bits per heavy atom. The lowest BCUT2D eigenvalue weighted by atomic mass is 10.1. The van der Waals surface area contributed by atoms with Gasteiger partial charge in [0.15, 0.2) is 0 Å². The number of nitrogens with two attached hydrogens (primary N) is 2. The smallest absolute Gasteiger partial charge is 0.405 e. The summed E-state index contributed by atoms with van der Waals surface area (Å²) in [6, 6.07) is 2.64. The van der Waals surface area contributed by atoms with Crippen molar-refractivity contribution in [3.05, 3.63) is 22.2 Å². The average molecular weight is 285 g/mol. The van der Waals surface area contributed by atoms with Crippen LogP contribution in [0, 0.1) is 0 Å². The highest BCUT2D eigenvalue weighted by atomic mass is 79.9. The molecule has 0 aliphatic carbocycles. The Hall–Kier alpha value is -0.950. The molecule has 0 fully saturated rings. The molecule has 1 aromatic carbocycles. The molecule has 0 radical (unpaired) electrons. The molecule has 0 saturated heterocycles. The summed E-state index contributed by atoms with van der Waals surface area (Å²) in [7, 11) is 0. The fraction of sp³-hybridized carbons (Fsp3) is 0.250. The number of benzene rings is 1. The van der Waals surface area contributed by atoms with Gasteiger partial charge < -0.3 is 16.2 Å². The number of hydrogen-bond donors (Lipinski definition) is 2. The molecule has 0 spiro atoms. The predicted octanol–water partition coefficient (Wildman–Crippen LogP) is 2.39. The topological polar surface area (TPSA) is 61.3 Å². The van der Waals surface area contributed by atoms with Gasteiger partial charge in [0.25, 0.3) is 0 Å². The molecule has 84 valence electrons. The van der Waals surface area contributed by atoms with Crippen LogP contribution in [0.1, 0.15) is 5.56 Å². The van der Waals surface area contributed by atoms with Gasteiger partial charge in [0, 0.05) is 22.3 Å². The Bertz CT molecular complexity index is 368. The van der Waals surface area contributed by atoms with Gasteiger partial charge in [-0.05, 0) is 12.1 Å². The van der Waals surface area contributed by atoms with Crippen molar-refractivity contribution in [1.82, 2.24) is 0 Å². The van der Waals surface area contributed by atoms with Crippen molar-refractivity contribution in [1.29, 1.82) is 0 Å². The maximum atomic E-state index is 12.0. The van der Waals surface area contributed by atoms with E-state index in [-0.39, 0.29) is 23.5 Å². The quantitative estimate of drug-likeness (QED) is 0.820. The number of ether oxygens (including phenoxy) is 1. The first-order valence-electron chi connectivity index (χ1n) is 3.87. The highest BCUT2D eigenvalue weighted by molar-refractivity contribution is 9.10. The van der Waals surface area contributed by atoms with Crippen LogP contribution < -0.4 is 16.2 Å². The highest BCUT2D eigenvalue weighted by Gasteiger charge is 2.32. The second-order valence-corrected chi connectivity index (χ2v) is 3.64. The lowest BCUT2D eigenvalue weighted by Gasteiger charge is -2.14. The molecule has 1 rings (SSSR count). The van der Waals surface area contributed by atoms with Crippen LogP contribution in [-0.2, 0) is 6.54 Å². The van der Waals surface area contributed by atoms with Gasteiger partial charge in [0.05, 0.1) is 0 Å². The monoisotopic (exact) mass is 284 g/mol. The summed E-state index contributed by atoms with van der Waals surface area (Å²) in [5, 5.41) is 0. The molecule has 0 unspecified atom stereocenters. The summed E-state index contributed by atoms with van der Waals surface area (Å²) in [4.78, 5) is 0. The minimum absolute atomic E-state index is 0.121. The van der Waals surface area contributed by atoms with Crippen molar-refractivity contribution < 1.29 is 17.9 Å². The van der Waals surface area contributed by atoms with Gasteiger partial charge in [-0.2, -0.15) is 0 Å². The van der Waals surface area contributed by atoms with Crippen LogP contribution in [0.3, 0.4) is 0 Å². The fourth-order valence-corrected chi connectivity index (χ4v) is 1.52. The van der Waals surface area contributed by atoms with E-state index < -0.39 is 6.36 Å². The third-order valence-corrected chi connectivity index (χ3v) is 2.10. The molecule has 0 amide bonds. The van der Waals surface area contributed by atoms with E-state index in [0.29, 0.717) is 4.47 Å². The summed E-state index contributed by atoms with van der Waals surface area (Å²) < 4.78 is 40.2. The van der Waals surface area contributed by atoms with Crippen molar-refractivity contribution in [2.45, 2.75) is 12.9 Å². The molecule has 0 bridgehead atoms. The SMILES string of the molecule is NCc1c(N)cc(Br)cc1OC(F)(F)F. The van der Waals surface area contributed by atoms with E-state index in [1.54, 1.807) is 0 Å². The first-order chi connectivity index (χ1) is 6.83. The zero-order valence-electron chi connectivity index (χ0n) is 7.44. The number of alkyl halides is 3. The molecule has 1 aromatic rings. The summed E-state index contributed by atoms with van der Waals surface area (Å²) in [5.41, 5.74) is 11.1. The molecular weight excluding hydrogens is 277 g/mol. The van der Waals surface area contributed by atoms with Gasteiger partial charge in [-0.3, -0.25) is 0 Å². The average Bonchev–Trinajstić information content (AvgIpc) is 1.99. The van der Waals surface area contributed by atoms with Crippen molar-refractivity contribution in [2.75, 3.05) is 5.73 Å². The van der Waals surface area contributed by atoms with E-state index in [4.69, 9.17) is 11.5 Å². The van der Waals surface area contributed by atoms with E-state index in [2.05, 4.69) is 20.7 Å². The van der Waals surface area contributed by atoms with Gasteiger partial charge >= 0.3 is 6.36 Å². The first kappa shape index (κ1) is 12.1. The van der Waals surface area contributed by atoms with Crippen LogP contribution in [0.4, 0.5) is 18.9 Å². The van der Waals surface area contributed by atoms with Crippen LogP contribution in [0.25, 0.3) is 0 Å². The third-order valence-electron chi connectivity index (χ3n) is 1.64. The molecule has 0 saturated carbocycles. The normalized spacial score (nSPS) is 11.5. The van der Waals surface area contributed by atoms with E-state index >= 15 is 0 Å². The van der Waals surface area contributed by atoms with E-state index in [1.807, 2.05) is 0 Å². The minimum atomic E-state index is -4.75.